The van der Waals surface area contributed by atoms with Crippen LogP contribution in [0.15, 0.2) is 36.5 Å². The Morgan fingerprint density at radius 1 is 1.29 bits per heavy atom. The minimum atomic E-state index is 0.583. The Labute approximate surface area is 107 Å². The summed E-state index contributed by atoms with van der Waals surface area (Å²) in [7, 11) is 0. The van der Waals surface area contributed by atoms with Crippen LogP contribution in [0.5, 0.6) is 0 Å². The zero-order valence-electron chi connectivity index (χ0n) is 9.99. The first-order valence-corrected chi connectivity index (χ1v) is 6.48. The quantitative estimate of drug-likeness (QED) is 0.812. The lowest BCUT2D eigenvalue weighted by molar-refractivity contribution is 0.597. The van der Waals surface area contributed by atoms with Crippen LogP contribution in [0.4, 0.5) is 5.69 Å². The summed E-state index contributed by atoms with van der Waals surface area (Å²) in [5.41, 5.74) is 2.18. The van der Waals surface area contributed by atoms with Crippen molar-refractivity contribution in [3.63, 3.8) is 0 Å². The van der Waals surface area contributed by atoms with E-state index >= 15 is 0 Å². The topological polar surface area (TPSA) is 24.9 Å². The molecule has 1 N–H and O–H groups in total. The molecule has 0 amide bonds. The van der Waals surface area contributed by atoms with Gasteiger partial charge in [-0.2, -0.15) is 0 Å². The fourth-order valence-corrected chi connectivity index (χ4v) is 2.20. The highest BCUT2D eigenvalue weighted by atomic mass is 35.5. The normalized spacial score (nSPS) is 12.6. The molecule has 90 valence electrons. The standard InChI is InChI=1S/C14H17ClN2/c1-11(6-8-15)10-17-14-7-9-16-13-5-3-2-4-12(13)14/h2-5,7,9,11H,6,8,10H2,1H3,(H,16,17). The van der Waals surface area contributed by atoms with Crippen molar-refractivity contribution in [1.82, 2.24) is 4.98 Å². The largest absolute Gasteiger partial charge is 0.384 e. The van der Waals surface area contributed by atoms with E-state index in [-0.39, 0.29) is 0 Å². The minimum absolute atomic E-state index is 0.583. The van der Waals surface area contributed by atoms with Crippen molar-refractivity contribution >= 4 is 28.2 Å². The molecule has 1 aromatic heterocycles. The van der Waals surface area contributed by atoms with Crippen LogP contribution in [0.3, 0.4) is 0 Å². The molecule has 0 spiro atoms. The SMILES string of the molecule is CC(CCCl)CNc1ccnc2ccccc12. The molecule has 1 unspecified atom stereocenters. The van der Waals surface area contributed by atoms with Gasteiger partial charge in [0.05, 0.1) is 5.52 Å². The zero-order chi connectivity index (χ0) is 12.1. The molecule has 0 radical (unpaired) electrons. The number of aromatic nitrogens is 1. The number of rotatable bonds is 5. The Balaban J connectivity index is 2.13. The van der Waals surface area contributed by atoms with Gasteiger partial charge in [-0.25, -0.2) is 0 Å². The second-order valence-electron chi connectivity index (χ2n) is 4.34. The molecule has 1 aromatic carbocycles. The van der Waals surface area contributed by atoms with E-state index in [0.29, 0.717) is 5.92 Å². The molecule has 0 fully saturated rings. The molecule has 0 aliphatic rings. The van der Waals surface area contributed by atoms with Crippen molar-refractivity contribution in [1.29, 1.82) is 0 Å². The number of anilines is 1. The van der Waals surface area contributed by atoms with Crippen LogP contribution in [0.2, 0.25) is 0 Å². The lowest BCUT2D eigenvalue weighted by Gasteiger charge is -2.13. The first-order chi connectivity index (χ1) is 8.31. The molecule has 0 aliphatic carbocycles. The van der Waals surface area contributed by atoms with Gasteiger partial charge in [-0.05, 0) is 24.5 Å². The van der Waals surface area contributed by atoms with Gasteiger partial charge >= 0.3 is 0 Å². The van der Waals surface area contributed by atoms with E-state index in [0.717, 1.165) is 30.0 Å². The summed E-state index contributed by atoms with van der Waals surface area (Å²) in [5, 5.41) is 4.65. The summed E-state index contributed by atoms with van der Waals surface area (Å²) < 4.78 is 0. The van der Waals surface area contributed by atoms with Crippen LogP contribution in [0.1, 0.15) is 13.3 Å². The molecule has 2 aromatic rings. The number of para-hydroxylation sites is 1. The van der Waals surface area contributed by atoms with Gasteiger partial charge in [-0.15, -0.1) is 11.6 Å². The highest BCUT2D eigenvalue weighted by Gasteiger charge is 2.03. The average Bonchev–Trinajstić information content (AvgIpc) is 2.36. The molecule has 0 bridgehead atoms. The molecule has 1 heterocycles. The first-order valence-electron chi connectivity index (χ1n) is 5.95. The Kier molecular flexibility index (Phi) is 4.21. The van der Waals surface area contributed by atoms with Gasteiger partial charge in [-0.3, -0.25) is 4.98 Å². The molecule has 17 heavy (non-hydrogen) atoms. The lowest BCUT2D eigenvalue weighted by atomic mass is 10.1. The fraction of sp³-hybridized carbons (Fsp3) is 0.357. The van der Waals surface area contributed by atoms with E-state index in [1.54, 1.807) is 0 Å². The minimum Gasteiger partial charge on any atom is -0.384 e. The monoisotopic (exact) mass is 248 g/mol. The summed E-state index contributed by atoms with van der Waals surface area (Å²) >= 11 is 5.74. The van der Waals surface area contributed by atoms with Crippen molar-refractivity contribution in [2.75, 3.05) is 17.7 Å². The molecular formula is C14H17ClN2. The molecule has 1 atom stereocenters. The Morgan fingerprint density at radius 3 is 2.94 bits per heavy atom. The molecule has 0 aliphatic heterocycles. The highest BCUT2D eigenvalue weighted by Crippen LogP contribution is 2.21. The number of halogens is 1. The maximum Gasteiger partial charge on any atom is 0.0722 e. The molecule has 2 nitrogen and oxygen atoms in total. The van der Waals surface area contributed by atoms with Crippen LogP contribution < -0.4 is 5.32 Å². The molecule has 0 saturated carbocycles. The number of nitrogens with one attached hydrogen (secondary N) is 1. The van der Waals surface area contributed by atoms with Gasteiger partial charge in [-0.1, -0.05) is 25.1 Å². The van der Waals surface area contributed by atoms with Crippen LogP contribution in [0, 0.1) is 5.92 Å². The Morgan fingerprint density at radius 2 is 2.12 bits per heavy atom. The van der Waals surface area contributed by atoms with Gasteiger partial charge in [0.1, 0.15) is 0 Å². The van der Waals surface area contributed by atoms with E-state index in [1.807, 2.05) is 30.5 Å². The maximum atomic E-state index is 5.74. The van der Waals surface area contributed by atoms with Gasteiger partial charge in [0.25, 0.3) is 0 Å². The van der Waals surface area contributed by atoms with E-state index in [2.05, 4.69) is 23.3 Å². The summed E-state index contributed by atoms with van der Waals surface area (Å²) in [6, 6.07) is 10.2. The number of hydrogen-bond acceptors (Lipinski definition) is 2. The van der Waals surface area contributed by atoms with Gasteiger partial charge in [0.2, 0.25) is 0 Å². The lowest BCUT2D eigenvalue weighted by Crippen LogP contribution is -2.11. The van der Waals surface area contributed by atoms with E-state index < -0.39 is 0 Å². The summed E-state index contributed by atoms with van der Waals surface area (Å²) in [5.74, 6) is 1.30. The number of pyridine rings is 1. The summed E-state index contributed by atoms with van der Waals surface area (Å²) in [6.45, 7) is 3.15. The zero-order valence-corrected chi connectivity index (χ0v) is 10.7. The molecular weight excluding hydrogens is 232 g/mol. The molecule has 0 saturated heterocycles. The van der Waals surface area contributed by atoms with Crippen molar-refractivity contribution in [2.24, 2.45) is 5.92 Å². The third-order valence-corrected chi connectivity index (χ3v) is 3.11. The number of nitrogens with zero attached hydrogens (tertiary/aromatic N) is 1. The average molecular weight is 249 g/mol. The Hall–Kier alpha value is -1.28. The van der Waals surface area contributed by atoms with Crippen LogP contribution in [-0.2, 0) is 0 Å². The number of hydrogen-bond donors (Lipinski definition) is 1. The second kappa shape index (κ2) is 5.87. The van der Waals surface area contributed by atoms with Crippen LogP contribution in [-0.4, -0.2) is 17.4 Å². The van der Waals surface area contributed by atoms with Crippen molar-refractivity contribution in [3.05, 3.63) is 36.5 Å². The van der Waals surface area contributed by atoms with Gasteiger partial charge in [0.15, 0.2) is 0 Å². The van der Waals surface area contributed by atoms with E-state index in [1.165, 1.54) is 5.39 Å². The predicted molar refractivity (Wildman–Crippen MR) is 74.7 cm³/mol. The van der Waals surface area contributed by atoms with Gasteiger partial charge in [0, 0.05) is 29.7 Å². The summed E-state index contributed by atoms with van der Waals surface area (Å²) in [4.78, 5) is 4.34. The van der Waals surface area contributed by atoms with Gasteiger partial charge < -0.3 is 5.32 Å². The number of fused-ring (bicyclic) bond motifs is 1. The van der Waals surface area contributed by atoms with E-state index in [4.69, 9.17) is 11.6 Å². The van der Waals surface area contributed by atoms with Crippen LogP contribution in [0.25, 0.3) is 10.9 Å². The third kappa shape index (κ3) is 3.10. The Bertz CT molecular complexity index is 479. The number of benzene rings is 1. The van der Waals surface area contributed by atoms with E-state index in [9.17, 15) is 0 Å². The smallest absolute Gasteiger partial charge is 0.0722 e. The third-order valence-electron chi connectivity index (χ3n) is 2.89. The van der Waals surface area contributed by atoms with Crippen molar-refractivity contribution in [3.8, 4) is 0 Å². The second-order valence-corrected chi connectivity index (χ2v) is 4.72. The van der Waals surface area contributed by atoms with Crippen LogP contribution >= 0.6 is 11.6 Å². The maximum absolute atomic E-state index is 5.74. The molecule has 2 rings (SSSR count). The van der Waals surface area contributed by atoms with Crippen molar-refractivity contribution in [2.45, 2.75) is 13.3 Å². The highest BCUT2D eigenvalue weighted by molar-refractivity contribution is 6.17. The summed E-state index contributed by atoms with van der Waals surface area (Å²) in [6.07, 6.45) is 2.88. The predicted octanol–water partition coefficient (Wildman–Crippen LogP) is 3.91. The van der Waals surface area contributed by atoms with Crippen molar-refractivity contribution < 1.29 is 0 Å². The number of alkyl halides is 1. The first kappa shape index (κ1) is 12.2. The fourth-order valence-electron chi connectivity index (χ4n) is 1.82. The molecule has 3 heteroatoms.